The van der Waals surface area contributed by atoms with Crippen LogP contribution in [0, 0.1) is 6.92 Å². The summed E-state index contributed by atoms with van der Waals surface area (Å²) >= 11 is 6.25. The molecule has 2 amide bonds. The van der Waals surface area contributed by atoms with Crippen LogP contribution in [0.15, 0.2) is 91.1 Å². The van der Waals surface area contributed by atoms with E-state index in [1.807, 2.05) is 95.5 Å². The molecule has 0 fully saturated rings. The molecule has 2 aliphatic heterocycles. The van der Waals surface area contributed by atoms with E-state index in [2.05, 4.69) is 9.88 Å². The number of anilines is 1. The normalized spacial score (nSPS) is 15.4. The van der Waals surface area contributed by atoms with E-state index in [0.29, 0.717) is 28.8 Å². The molecule has 2 aliphatic rings. The van der Waals surface area contributed by atoms with Gasteiger partial charge in [0.25, 0.3) is 0 Å². The maximum Gasteiger partial charge on any atom is 0.322 e. The summed E-state index contributed by atoms with van der Waals surface area (Å²) in [5.41, 5.74) is 5.27. The molecular weight excluding hydrogens is 514 g/mol. The molecule has 194 valence electrons. The van der Waals surface area contributed by atoms with Crippen molar-refractivity contribution in [3.8, 4) is 23.0 Å². The van der Waals surface area contributed by atoms with E-state index in [4.69, 9.17) is 26.2 Å². The van der Waals surface area contributed by atoms with E-state index in [9.17, 15) is 4.79 Å². The van der Waals surface area contributed by atoms with Crippen molar-refractivity contribution in [3.05, 3.63) is 119 Å². The number of hydrogen-bond acceptors (Lipinski definition) is 4. The third-order valence-corrected chi connectivity index (χ3v) is 7.41. The molecule has 8 nitrogen and oxygen atoms in total. The van der Waals surface area contributed by atoms with Crippen LogP contribution in [0.4, 0.5) is 10.5 Å². The van der Waals surface area contributed by atoms with Gasteiger partial charge in [-0.05, 0) is 61.0 Å². The van der Waals surface area contributed by atoms with Gasteiger partial charge in [-0.15, -0.1) is 0 Å². The highest BCUT2D eigenvalue weighted by atomic mass is 35.5. The number of ether oxygens (including phenoxy) is 2. The van der Waals surface area contributed by atoms with Gasteiger partial charge >= 0.3 is 6.03 Å². The lowest BCUT2D eigenvalue weighted by Gasteiger charge is -2.31. The molecule has 0 aliphatic carbocycles. The summed E-state index contributed by atoms with van der Waals surface area (Å²) in [7, 11) is 0. The standard InChI is InChI=1S/C30H24ClN5O3/c1-19-24-17-35(30(37)32-22-13-14-26-27(16-22)39-18-38-26)28(20-9-11-21(31)12-10-20)25-8-5-15-34(25)29(24)36(33-19)23-6-3-2-4-7-23/h2-16,28H,17-18H2,1H3,(H,32,37)/t28-/m0/s1. The number of halogens is 1. The molecule has 0 radical (unpaired) electrons. The third kappa shape index (κ3) is 4.00. The lowest BCUT2D eigenvalue weighted by atomic mass is 10.0. The third-order valence-electron chi connectivity index (χ3n) is 7.16. The van der Waals surface area contributed by atoms with E-state index in [1.165, 1.54) is 0 Å². The van der Waals surface area contributed by atoms with E-state index in [0.717, 1.165) is 34.0 Å². The average molecular weight is 538 g/mol. The molecule has 39 heavy (non-hydrogen) atoms. The van der Waals surface area contributed by atoms with Crippen LogP contribution in [0.5, 0.6) is 11.5 Å². The van der Waals surface area contributed by atoms with Crippen molar-refractivity contribution in [1.82, 2.24) is 19.2 Å². The van der Waals surface area contributed by atoms with Gasteiger partial charge in [-0.2, -0.15) is 5.10 Å². The van der Waals surface area contributed by atoms with E-state index < -0.39 is 0 Å². The monoisotopic (exact) mass is 537 g/mol. The quantitative estimate of drug-likeness (QED) is 0.285. The first-order valence-corrected chi connectivity index (χ1v) is 13.0. The second-order valence-corrected chi connectivity index (χ2v) is 9.95. The SMILES string of the molecule is Cc1nn(-c2ccccc2)c2c1CN(C(=O)Nc1ccc3c(c1)OCO3)[C@@H](c1ccc(Cl)cc1)c1cccn1-2. The van der Waals surface area contributed by atoms with Crippen LogP contribution in [0.3, 0.4) is 0 Å². The fraction of sp³-hybridized carbons (Fsp3) is 0.133. The average Bonchev–Trinajstić information content (AvgIpc) is 3.67. The number of carbonyl (C=O) groups excluding carboxylic acids is 1. The van der Waals surface area contributed by atoms with Gasteiger partial charge in [-0.3, -0.25) is 0 Å². The number of fused-ring (bicyclic) bond motifs is 4. The highest BCUT2D eigenvalue weighted by molar-refractivity contribution is 6.30. The summed E-state index contributed by atoms with van der Waals surface area (Å²) in [6.07, 6.45) is 2.02. The van der Waals surface area contributed by atoms with Crippen molar-refractivity contribution in [1.29, 1.82) is 0 Å². The van der Waals surface area contributed by atoms with Gasteiger partial charge < -0.3 is 24.3 Å². The van der Waals surface area contributed by atoms with Gasteiger partial charge in [0, 0.05) is 28.5 Å². The number of nitrogens with zero attached hydrogens (tertiary/aromatic N) is 4. The number of para-hydroxylation sites is 1. The number of rotatable bonds is 3. The smallest absolute Gasteiger partial charge is 0.322 e. The zero-order valence-electron chi connectivity index (χ0n) is 21.0. The Bertz CT molecular complexity index is 1690. The first kappa shape index (κ1) is 23.4. The Morgan fingerprint density at radius 3 is 2.59 bits per heavy atom. The zero-order valence-corrected chi connectivity index (χ0v) is 21.8. The summed E-state index contributed by atoms with van der Waals surface area (Å²) in [6, 6.07) is 26.5. The predicted molar refractivity (Wildman–Crippen MR) is 148 cm³/mol. The molecule has 0 unspecified atom stereocenters. The van der Waals surface area contributed by atoms with Crippen LogP contribution in [0.1, 0.15) is 28.6 Å². The predicted octanol–water partition coefficient (Wildman–Crippen LogP) is 6.49. The van der Waals surface area contributed by atoms with Gasteiger partial charge in [-0.1, -0.05) is 41.9 Å². The van der Waals surface area contributed by atoms with Crippen molar-refractivity contribution in [2.45, 2.75) is 19.5 Å². The molecule has 3 aromatic carbocycles. The van der Waals surface area contributed by atoms with Crippen molar-refractivity contribution in [3.63, 3.8) is 0 Å². The molecule has 0 saturated carbocycles. The maximum absolute atomic E-state index is 14.1. The number of aryl methyl sites for hydroxylation is 1. The lowest BCUT2D eigenvalue weighted by molar-refractivity contribution is 0.174. The van der Waals surface area contributed by atoms with Crippen molar-refractivity contribution >= 4 is 23.3 Å². The van der Waals surface area contributed by atoms with Gasteiger partial charge in [0.15, 0.2) is 11.5 Å². The summed E-state index contributed by atoms with van der Waals surface area (Å²) in [5.74, 6) is 2.18. The number of aromatic nitrogens is 3. The molecule has 7 rings (SSSR count). The summed E-state index contributed by atoms with van der Waals surface area (Å²) in [4.78, 5) is 15.9. The van der Waals surface area contributed by atoms with Crippen molar-refractivity contribution < 1.29 is 14.3 Å². The topological polar surface area (TPSA) is 73.6 Å². The van der Waals surface area contributed by atoms with Crippen LogP contribution in [-0.2, 0) is 6.54 Å². The van der Waals surface area contributed by atoms with Crippen LogP contribution >= 0.6 is 11.6 Å². The summed E-state index contributed by atoms with van der Waals surface area (Å²) in [6.45, 7) is 2.50. The van der Waals surface area contributed by atoms with Gasteiger partial charge in [0.1, 0.15) is 5.82 Å². The first-order valence-electron chi connectivity index (χ1n) is 12.6. The number of carbonyl (C=O) groups is 1. The Balaban J connectivity index is 1.37. The molecule has 0 spiro atoms. The molecule has 1 N–H and O–H groups in total. The Labute approximate surface area is 230 Å². The zero-order chi connectivity index (χ0) is 26.5. The van der Waals surface area contributed by atoms with Crippen LogP contribution in [0.25, 0.3) is 11.5 Å². The Morgan fingerprint density at radius 2 is 1.77 bits per heavy atom. The maximum atomic E-state index is 14.1. The number of urea groups is 1. The molecule has 0 bridgehead atoms. The van der Waals surface area contributed by atoms with Gasteiger partial charge in [0.2, 0.25) is 6.79 Å². The molecule has 2 aromatic heterocycles. The minimum atomic E-state index is -0.387. The van der Waals surface area contributed by atoms with E-state index >= 15 is 0 Å². The Morgan fingerprint density at radius 1 is 0.974 bits per heavy atom. The van der Waals surface area contributed by atoms with Crippen molar-refractivity contribution in [2.24, 2.45) is 0 Å². The minimum Gasteiger partial charge on any atom is -0.454 e. The fourth-order valence-corrected chi connectivity index (χ4v) is 5.44. The Hall–Kier alpha value is -4.69. The molecule has 0 saturated heterocycles. The van der Waals surface area contributed by atoms with Crippen LogP contribution in [0.2, 0.25) is 5.02 Å². The van der Waals surface area contributed by atoms with Crippen LogP contribution in [-0.4, -0.2) is 32.1 Å². The van der Waals surface area contributed by atoms with Gasteiger partial charge in [0.05, 0.1) is 29.7 Å². The molecule has 9 heteroatoms. The number of amides is 2. The lowest BCUT2D eigenvalue weighted by Crippen LogP contribution is -2.38. The van der Waals surface area contributed by atoms with E-state index in [1.54, 1.807) is 12.1 Å². The fourth-order valence-electron chi connectivity index (χ4n) is 5.31. The van der Waals surface area contributed by atoms with Crippen LogP contribution < -0.4 is 14.8 Å². The number of nitrogens with one attached hydrogen (secondary N) is 1. The summed E-state index contributed by atoms with van der Waals surface area (Å²) in [5, 5.41) is 8.62. The molecule has 4 heterocycles. The highest BCUT2D eigenvalue weighted by Gasteiger charge is 2.36. The first-order chi connectivity index (χ1) is 19.1. The molecule has 5 aromatic rings. The highest BCUT2D eigenvalue weighted by Crippen LogP contribution is 2.40. The number of hydrogen-bond donors (Lipinski definition) is 1. The van der Waals surface area contributed by atoms with Crippen molar-refractivity contribution in [2.75, 3.05) is 12.1 Å². The Kier molecular flexibility index (Phi) is 5.56. The minimum absolute atomic E-state index is 0.169. The van der Waals surface area contributed by atoms with E-state index in [-0.39, 0.29) is 18.9 Å². The molecular formula is C30H24ClN5O3. The number of benzene rings is 3. The second-order valence-electron chi connectivity index (χ2n) is 9.52. The summed E-state index contributed by atoms with van der Waals surface area (Å²) < 4.78 is 15.0. The molecule has 1 atom stereocenters. The largest absolute Gasteiger partial charge is 0.454 e. The van der Waals surface area contributed by atoms with Gasteiger partial charge in [-0.25, -0.2) is 9.48 Å². The second kappa shape index (κ2) is 9.25.